The molecule has 2 aliphatic heterocycles. The van der Waals surface area contributed by atoms with E-state index in [0.717, 1.165) is 51.4 Å². The highest BCUT2D eigenvalue weighted by Crippen LogP contribution is 2.61. The molecule has 3 fully saturated rings. The van der Waals surface area contributed by atoms with Crippen molar-refractivity contribution in [2.45, 2.75) is 105 Å². The van der Waals surface area contributed by atoms with E-state index in [1.807, 2.05) is 4.90 Å². The Morgan fingerprint density at radius 2 is 1.70 bits per heavy atom. The monoisotopic (exact) mass is 521 g/mol. The molecule has 1 aromatic rings. The molecule has 4 bridgehead atoms. The Morgan fingerprint density at radius 3 is 2.30 bits per heavy atom. The number of benzene rings is 1. The second-order valence-corrected chi connectivity index (χ2v) is 12.9. The van der Waals surface area contributed by atoms with E-state index in [1.165, 1.54) is 11.1 Å². The Hall–Kier alpha value is -2.59. The van der Waals surface area contributed by atoms with E-state index in [2.05, 4.69) is 51.0 Å². The van der Waals surface area contributed by atoms with Crippen molar-refractivity contribution in [1.82, 2.24) is 15.5 Å². The molecule has 2 unspecified atom stereocenters. The van der Waals surface area contributed by atoms with E-state index in [1.54, 1.807) is 0 Å². The molecule has 6 aliphatic rings. The van der Waals surface area contributed by atoms with E-state index in [-0.39, 0.29) is 28.4 Å². The third-order valence-electron chi connectivity index (χ3n) is 9.38. The summed E-state index contributed by atoms with van der Waals surface area (Å²) in [5, 5.41) is 14.9. The summed E-state index contributed by atoms with van der Waals surface area (Å²) in [7, 11) is 0. The van der Waals surface area contributed by atoms with Crippen LogP contribution in [0.15, 0.2) is 34.5 Å². The van der Waals surface area contributed by atoms with E-state index in [9.17, 15) is 9.59 Å². The van der Waals surface area contributed by atoms with E-state index >= 15 is 0 Å². The molecule has 2 atom stereocenters. The van der Waals surface area contributed by atoms with Gasteiger partial charge in [0.15, 0.2) is 5.66 Å². The van der Waals surface area contributed by atoms with Crippen LogP contribution in [-0.2, 0) is 4.79 Å². The lowest BCUT2D eigenvalue weighted by Crippen LogP contribution is -2.61. The van der Waals surface area contributed by atoms with Gasteiger partial charge in [-0.1, -0.05) is 24.3 Å². The molecular formula is C29H36ClN5O2. The molecular weight excluding hydrogens is 486 g/mol. The van der Waals surface area contributed by atoms with Crippen LogP contribution in [0.25, 0.3) is 0 Å². The van der Waals surface area contributed by atoms with Gasteiger partial charge >= 0.3 is 6.03 Å². The van der Waals surface area contributed by atoms with Crippen LogP contribution in [0.1, 0.15) is 93.6 Å². The lowest BCUT2D eigenvalue weighted by atomic mass is 9.62. The third kappa shape index (κ3) is 4.97. The van der Waals surface area contributed by atoms with Crippen LogP contribution in [0.3, 0.4) is 0 Å². The van der Waals surface area contributed by atoms with Crippen LogP contribution in [0.5, 0.6) is 0 Å². The quantitative estimate of drug-likeness (QED) is 0.381. The number of piperidine rings is 1. The minimum Gasteiger partial charge on any atom is -0.343 e. The van der Waals surface area contributed by atoms with Crippen LogP contribution in [0.4, 0.5) is 4.79 Å². The molecule has 1 saturated heterocycles. The molecule has 1 aromatic carbocycles. The summed E-state index contributed by atoms with van der Waals surface area (Å²) in [5.74, 6) is 3.55. The van der Waals surface area contributed by atoms with Crippen LogP contribution in [0.2, 0.25) is 0 Å². The summed E-state index contributed by atoms with van der Waals surface area (Å²) in [6.45, 7) is 1.32. The number of carbonyl (C=O) groups is 2. The zero-order valence-corrected chi connectivity index (χ0v) is 22.1. The molecule has 0 radical (unpaired) electrons. The number of nitrogens with zero attached hydrogens (tertiary/aromatic N) is 3. The maximum Gasteiger partial charge on any atom is 0.315 e. The second kappa shape index (κ2) is 9.31. The lowest BCUT2D eigenvalue weighted by molar-refractivity contribution is -0.132. The fourth-order valence-electron chi connectivity index (χ4n) is 7.74. The zero-order valence-electron chi connectivity index (χ0n) is 21.3. The molecule has 2 saturated carbocycles. The number of alkyl halides is 1. The van der Waals surface area contributed by atoms with Crippen LogP contribution in [0, 0.1) is 12.3 Å². The largest absolute Gasteiger partial charge is 0.343 e. The van der Waals surface area contributed by atoms with Gasteiger partial charge in [-0.05, 0) is 67.9 Å². The molecule has 2 N–H and O–H groups in total. The summed E-state index contributed by atoms with van der Waals surface area (Å²) in [6.07, 6.45) is 14.0. The lowest BCUT2D eigenvalue weighted by Gasteiger charge is -2.52. The third-order valence-corrected chi connectivity index (χ3v) is 9.83. The Morgan fingerprint density at radius 1 is 1.05 bits per heavy atom. The van der Waals surface area contributed by atoms with Crippen molar-refractivity contribution in [1.29, 1.82) is 0 Å². The summed E-state index contributed by atoms with van der Waals surface area (Å²) in [5.41, 5.74) is 2.18. The average molecular weight is 522 g/mol. The van der Waals surface area contributed by atoms with Gasteiger partial charge in [0.05, 0.1) is 0 Å². The van der Waals surface area contributed by atoms with Gasteiger partial charge in [0.2, 0.25) is 5.91 Å². The molecule has 7 nitrogen and oxygen atoms in total. The minimum atomic E-state index is -0.418. The molecule has 0 spiro atoms. The molecule has 0 aromatic heterocycles. The smallest absolute Gasteiger partial charge is 0.315 e. The maximum atomic E-state index is 13.2. The SMILES string of the molecule is C#CCCC1(CCC(=O)N2CCC(NC(=O)NC34CC5CC(Cl)(CC(C3)c3ccccc35)C4)CC2)N=N1. The van der Waals surface area contributed by atoms with Gasteiger partial charge in [-0.15, -0.1) is 23.9 Å². The number of hydrogen-bond donors (Lipinski definition) is 2. The highest BCUT2D eigenvalue weighted by atomic mass is 35.5. The molecule has 3 amide bonds. The number of halogens is 1. The van der Waals surface area contributed by atoms with Gasteiger partial charge in [0, 0.05) is 55.2 Å². The van der Waals surface area contributed by atoms with Gasteiger partial charge in [-0.25, -0.2) is 4.79 Å². The van der Waals surface area contributed by atoms with Crippen molar-refractivity contribution in [3.63, 3.8) is 0 Å². The van der Waals surface area contributed by atoms with Crippen LogP contribution < -0.4 is 10.6 Å². The van der Waals surface area contributed by atoms with E-state index in [4.69, 9.17) is 18.0 Å². The fourth-order valence-corrected chi connectivity index (χ4v) is 8.37. The first kappa shape index (κ1) is 24.7. The van der Waals surface area contributed by atoms with E-state index in [0.29, 0.717) is 44.2 Å². The Labute approximate surface area is 224 Å². The number of urea groups is 1. The Balaban J connectivity index is 1.01. The maximum absolute atomic E-state index is 13.2. The van der Waals surface area contributed by atoms with E-state index < -0.39 is 5.66 Å². The number of rotatable bonds is 7. The average Bonchev–Trinajstić information content (AvgIpc) is 3.66. The summed E-state index contributed by atoms with van der Waals surface area (Å²) in [6, 6.07) is 8.75. The van der Waals surface area contributed by atoms with Crippen molar-refractivity contribution in [2.24, 2.45) is 10.2 Å². The normalized spacial score (nSPS) is 32.8. The first-order chi connectivity index (χ1) is 17.8. The summed E-state index contributed by atoms with van der Waals surface area (Å²) in [4.78, 5) is 27.6. The topological polar surface area (TPSA) is 86.2 Å². The molecule has 8 heteroatoms. The molecule has 4 aliphatic carbocycles. The van der Waals surface area contributed by atoms with Gasteiger partial charge < -0.3 is 15.5 Å². The molecule has 7 rings (SSSR count). The van der Waals surface area contributed by atoms with Crippen LogP contribution in [-0.4, -0.2) is 52.0 Å². The molecule has 2 heterocycles. The Bertz CT molecular complexity index is 1110. The molecule has 196 valence electrons. The predicted molar refractivity (Wildman–Crippen MR) is 142 cm³/mol. The standard InChI is InChI=1S/C29H36ClN5O2/c1-2-3-11-29(33-34-29)12-8-25(36)35-13-9-22(10-14-35)31-26(37)32-28-17-20-15-27(30,19-28)16-21(18-28)24-7-5-4-6-23(20)24/h1,4-7,20-22H,3,8-19H2,(H2,31,32,37). The number of nitrogens with one attached hydrogen (secondary N) is 2. The number of hydrogen-bond acceptors (Lipinski definition) is 4. The van der Waals surface area contributed by atoms with Crippen molar-refractivity contribution >= 4 is 23.5 Å². The second-order valence-electron chi connectivity index (χ2n) is 12.1. The summed E-state index contributed by atoms with van der Waals surface area (Å²) >= 11 is 7.19. The highest BCUT2D eigenvalue weighted by Gasteiger charge is 2.57. The van der Waals surface area contributed by atoms with Gasteiger partial charge in [0.25, 0.3) is 0 Å². The van der Waals surface area contributed by atoms with Gasteiger partial charge in [-0.2, -0.15) is 10.2 Å². The highest BCUT2D eigenvalue weighted by molar-refractivity contribution is 6.24. The first-order valence-electron chi connectivity index (χ1n) is 13.8. The zero-order chi connectivity index (χ0) is 25.7. The van der Waals surface area contributed by atoms with Gasteiger partial charge in [0.1, 0.15) is 0 Å². The minimum absolute atomic E-state index is 0.0673. The number of amides is 3. The van der Waals surface area contributed by atoms with Crippen molar-refractivity contribution in [2.75, 3.05) is 13.1 Å². The fraction of sp³-hybridized carbons (Fsp3) is 0.655. The van der Waals surface area contributed by atoms with Crippen molar-refractivity contribution in [3.05, 3.63) is 35.4 Å². The predicted octanol–water partition coefficient (Wildman–Crippen LogP) is 5.21. The van der Waals surface area contributed by atoms with Crippen molar-refractivity contribution < 1.29 is 9.59 Å². The van der Waals surface area contributed by atoms with Gasteiger partial charge in [-0.3, -0.25) is 4.79 Å². The number of carbonyl (C=O) groups excluding carboxylic acids is 2. The Kier molecular flexibility index (Phi) is 6.22. The number of likely N-dealkylation sites (tertiary alicyclic amines) is 1. The van der Waals surface area contributed by atoms with Crippen LogP contribution >= 0.6 is 11.6 Å². The summed E-state index contributed by atoms with van der Waals surface area (Å²) < 4.78 is 0. The first-order valence-corrected chi connectivity index (χ1v) is 14.2. The number of terminal acetylenes is 1. The molecule has 37 heavy (non-hydrogen) atoms. The van der Waals surface area contributed by atoms with Crippen molar-refractivity contribution in [3.8, 4) is 12.3 Å².